The molecule has 1 rings (SSSR count). The summed E-state index contributed by atoms with van der Waals surface area (Å²) in [6.07, 6.45) is -0.794. The zero-order chi connectivity index (χ0) is 6.04. The van der Waals surface area contributed by atoms with Gasteiger partial charge in [0.25, 0.3) is 0 Å². The van der Waals surface area contributed by atoms with E-state index in [0.29, 0.717) is 0 Å². The summed E-state index contributed by atoms with van der Waals surface area (Å²) in [5, 5.41) is 6.38. The minimum atomic E-state index is -0.794. The van der Waals surface area contributed by atoms with Crippen molar-refractivity contribution in [3.05, 3.63) is 0 Å². The Morgan fingerprint density at radius 2 is 1.62 bits per heavy atom. The van der Waals surface area contributed by atoms with Gasteiger partial charge in [-0.3, -0.25) is 0 Å². The fourth-order valence-corrected chi connectivity index (χ4v) is 30.2. The Labute approximate surface area is 81.8 Å². The van der Waals surface area contributed by atoms with Gasteiger partial charge >= 0.3 is 83.3 Å². The van der Waals surface area contributed by atoms with Gasteiger partial charge in [0.1, 0.15) is 0 Å². The molecule has 0 radical (unpaired) electrons. The summed E-state index contributed by atoms with van der Waals surface area (Å²) in [6.45, 7) is 0. The predicted molar refractivity (Wildman–Crippen MR) is 58.8 cm³/mol. The third kappa shape index (κ3) is 3.06. The van der Waals surface area contributed by atoms with Crippen LogP contribution >= 0.6 is 40.7 Å². The number of rotatable bonds is 0. The fraction of sp³-hybridized carbons (Fsp3) is 1.00. The zero-order valence-corrected chi connectivity index (χ0v) is 12.1. The van der Waals surface area contributed by atoms with E-state index >= 15 is 0 Å². The third-order valence-corrected chi connectivity index (χ3v) is 18.3. The van der Waals surface area contributed by atoms with Gasteiger partial charge in [0.15, 0.2) is 0 Å². The Morgan fingerprint density at radius 1 is 1.12 bits per heavy atom. The topological polar surface area (TPSA) is 0 Å². The summed E-state index contributed by atoms with van der Waals surface area (Å²) in [7, 11) is 0. The van der Waals surface area contributed by atoms with E-state index in [-0.39, 0.29) is 0 Å². The zero-order valence-electron chi connectivity index (χ0n) is 4.40. The van der Waals surface area contributed by atoms with Crippen LogP contribution in [0.1, 0.15) is 0 Å². The van der Waals surface area contributed by atoms with Crippen molar-refractivity contribution < 1.29 is 0 Å². The Kier molecular flexibility index (Phi) is 4.05. The van der Waals surface area contributed by atoms with E-state index in [1.165, 1.54) is 0 Å². The van der Waals surface area contributed by atoms with Crippen molar-refractivity contribution in [3.8, 4) is 0 Å². The van der Waals surface area contributed by atoms with Crippen LogP contribution in [0.3, 0.4) is 0 Å². The van der Waals surface area contributed by atoms with Gasteiger partial charge in [0.05, 0.1) is 0 Å². The monoisotopic (exact) mass is 470 g/mol. The first-order chi connectivity index (χ1) is 3.71. The van der Waals surface area contributed by atoms with Gasteiger partial charge in [-0.15, -0.1) is 0 Å². The molecule has 1 fully saturated rings. The molecule has 0 nitrogen and oxygen atoms in total. The standard InChI is InChI=1S/C4H8I2Se2/c5-8(6)3-1-7-2-4-8/h1-4H2. The van der Waals surface area contributed by atoms with Gasteiger partial charge in [-0.25, -0.2) is 0 Å². The number of hydrogen-bond acceptors (Lipinski definition) is 0. The second kappa shape index (κ2) is 3.77. The maximum absolute atomic E-state index is 2.74. The number of hydrogen-bond donors (Lipinski definition) is 0. The van der Waals surface area contributed by atoms with Crippen molar-refractivity contribution in [2.45, 2.75) is 21.3 Å². The second-order valence-electron chi connectivity index (χ2n) is 1.72. The average Bonchev–Trinajstić information content (AvgIpc) is 1.65. The molecule has 1 heterocycles. The quantitative estimate of drug-likeness (QED) is 0.380. The summed E-state index contributed by atoms with van der Waals surface area (Å²) in [6, 6.07) is 0. The van der Waals surface area contributed by atoms with Crippen molar-refractivity contribution in [2.24, 2.45) is 0 Å². The van der Waals surface area contributed by atoms with Crippen molar-refractivity contribution in [1.82, 2.24) is 0 Å². The molecule has 0 saturated carbocycles. The molecular formula is C4H8I2Se2. The van der Waals surface area contributed by atoms with E-state index in [9.17, 15) is 0 Å². The summed E-state index contributed by atoms with van der Waals surface area (Å²) < 4.78 is 0. The van der Waals surface area contributed by atoms with Crippen LogP contribution in [0.4, 0.5) is 0 Å². The van der Waals surface area contributed by atoms with Crippen molar-refractivity contribution >= 4 is 62.0 Å². The molecule has 0 aromatic carbocycles. The van der Waals surface area contributed by atoms with E-state index in [1.54, 1.807) is 21.3 Å². The normalized spacial score (nSPS) is 31.8. The molecule has 0 bridgehead atoms. The van der Waals surface area contributed by atoms with Crippen LogP contribution in [0, 0.1) is 0 Å². The Hall–Kier alpha value is 2.50. The maximum atomic E-state index is 2.74. The van der Waals surface area contributed by atoms with E-state index in [1.807, 2.05) is 0 Å². The summed E-state index contributed by atoms with van der Waals surface area (Å²) in [5.41, 5.74) is 0. The first-order valence-corrected chi connectivity index (χ1v) is 17.8. The molecule has 0 amide bonds. The molecule has 0 aromatic heterocycles. The molecule has 0 N–H and O–H groups in total. The molecule has 1 aliphatic heterocycles. The van der Waals surface area contributed by atoms with Crippen LogP contribution in [-0.2, 0) is 0 Å². The number of halogens is 2. The molecule has 1 aliphatic rings. The van der Waals surface area contributed by atoms with Gasteiger partial charge in [0, 0.05) is 0 Å². The molecule has 1 saturated heterocycles. The average molecular weight is 468 g/mol. The predicted octanol–water partition coefficient (Wildman–Crippen LogP) is 2.85. The van der Waals surface area contributed by atoms with E-state index in [4.69, 9.17) is 0 Å². The van der Waals surface area contributed by atoms with Crippen LogP contribution in [0.2, 0.25) is 21.3 Å². The van der Waals surface area contributed by atoms with Crippen LogP contribution in [0.5, 0.6) is 0 Å². The van der Waals surface area contributed by atoms with Crippen LogP contribution in [-0.4, -0.2) is 21.3 Å². The molecule has 0 atom stereocenters. The van der Waals surface area contributed by atoms with Gasteiger partial charge in [-0.1, -0.05) is 0 Å². The molecular weight excluding hydrogens is 460 g/mol. The molecule has 0 aliphatic carbocycles. The molecule has 0 aromatic rings. The van der Waals surface area contributed by atoms with E-state index < -0.39 is 6.35 Å². The summed E-state index contributed by atoms with van der Waals surface area (Å²) in [4.78, 5) is 0. The van der Waals surface area contributed by atoms with Crippen LogP contribution < -0.4 is 0 Å². The first kappa shape index (κ1) is 8.59. The van der Waals surface area contributed by atoms with Crippen LogP contribution in [0.25, 0.3) is 0 Å². The molecule has 4 heteroatoms. The molecule has 0 unspecified atom stereocenters. The minimum absolute atomic E-state index is 0.794. The van der Waals surface area contributed by atoms with E-state index in [0.717, 1.165) is 15.0 Å². The van der Waals surface area contributed by atoms with Crippen molar-refractivity contribution in [3.63, 3.8) is 0 Å². The Bertz CT molecular complexity index is 76.1. The van der Waals surface area contributed by atoms with Crippen molar-refractivity contribution in [1.29, 1.82) is 0 Å². The summed E-state index contributed by atoms with van der Waals surface area (Å²) in [5.74, 6) is 0. The second-order valence-corrected chi connectivity index (χ2v) is 35.2. The van der Waals surface area contributed by atoms with Gasteiger partial charge in [-0.2, -0.15) is 0 Å². The third-order valence-electron chi connectivity index (χ3n) is 1.05. The van der Waals surface area contributed by atoms with Crippen molar-refractivity contribution in [2.75, 3.05) is 0 Å². The fourth-order valence-electron chi connectivity index (χ4n) is 0.566. The van der Waals surface area contributed by atoms with Gasteiger partial charge in [0.2, 0.25) is 0 Å². The van der Waals surface area contributed by atoms with E-state index in [2.05, 4.69) is 40.7 Å². The van der Waals surface area contributed by atoms with Gasteiger partial charge in [-0.05, 0) is 0 Å². The molecule has 50 valence electrons. The molecule has 8 heavy (non-hydrogen) atoms. The van der Waals surface area contributed by atoms with Gasteiger partial charge < -0.3 is 0 Å². The Morgan fingerprint density at radius 3 is 1.88 bits per heavy atom. The summed E-state index contributed by atoms with van der Waals surface area (Å²) >= 11 is 6.53. The first-order valence-electron chi connectivity index (χ1n) is 2.46. The molecule has 0 spiro atoms. The van der Waals surface area contributed by atoms with Crippen LogP contribution in [0.15, 0.2) is 0 Å². The Balaban J connectivity index is 2.33. The SMILES string of the molecule is I[Se]1(I)CC[Se]CC1.